The molecule has 1 atom stereocenters. The van der Waals surface area contributed by atoms with Gasteiger partial charge in [0.25, 0.3) is 0 Å². The van der Waals surface area contributed by atoms with Crippen LogP contribution in [0.2, 0.25) is 0 Å². The van der Waals surface area contributed by atoms with Gasteiger partial charge in [-0.25, -0.2) is 4.98 Å². The summed E-state index contributed by atoms with van der Waals surface area (Å²) in [4.78, 5) is 15.5. The summed E-state index contributed by atoms with van der Waals surface area (Å²) in [6.07, 6.45) is 4.85. The second kappa shape index (κ2) is 5.13. The van der Waals surface area contributed by atoms with Gasteiger partial charge in [-0.15, -0.1) is 0 Å². The maximum Gasteiger partial charge on any atom is 0.181 e. The molecule has 0 spiro atoms. The van der Waals surface area contributed by atoms with Gasteiger partial charge in [0.05, 0.1) is 0 Å². The number of carbonyl (C=O) groups excluding carboxylic acids is 1. The summed E-state index contributed by atoms with van der Waals surface area (Å²) in [5.74, 6) is 0.917. The number of nitrogens with one attached hydrogen (secondary N) is 1. The summed E-state index contributed by atoms with van der Waals surface area (Å²) < 4.78 is 5.36. The van der Waals surface area contributed by atoms with Crippen LogP contribution in [0.3, 0.4) is 0 Å². The van der Waals surface area contributed by atoms with E-state index in [-0.39, 0.29) is 6.04 Å². The zero-order valence-electron chi connectivity index (χ0n) is 11.1. The molecule has 3 rings (SSSR count). The molecule has 0 saturated heterocycles. The van der Waals surface area contributed by atoms with Crippen LogP contribution in [0.25, 0.3) is 11.1 Å². The fraction of sp³-hybridized carbons (Fsp3) is 0.467. The Kier molecular flexibility index (Phi) is 3.34. The SMILES string of the molecule is CNC(c1ccc2ncoc2c1)C1CCC(=O)CC1. The van der Waals surface area contributed by atoms with Crippen molar-refractivity contribution in [1.29, 1.82) is 0 Å². The highest BCUT2D eigenvalue weighted by Gasteiger charge is 2.26. The Balaban J connectivity index is 1.86. The zero-order valence-corrected chi connectivity index (χ0v) is 11.1. The summed E-state index contributed by atoms with van der Waals surface area (Å²) in [5.41, 5.74) is 2.92. The second-order valence-electron chi connectivity index (χ2n) is 5.22. The Morgan fingerprint density at radius 2 is 2.16 bits per heavy atom. The summed E-state index contributed by atoms with van der Waals surface area (Å²) >= 11 is 0. The van der Waals surface area contributed by atoms with Gasteiger partial charge in [-0.1, -0.05) is 6.07 Å². The first-order valence-electron chi connectivity index (χ1n) is 6.80. The number of benzene rings is 1. The number of hydrogen-bond donors (Lipinski definition) is 1. The lowest BCUT2D eigenvalue weighted by Crippen LogP contribution is -2.28. The Bertz CT molecular complexity index is 581. The summed E-state index contributed by atoms with van der Waals surface area (Å²) in [7, 11) is 1.98. The van der Waals surface area contributed by atoms with E-state index in [0.717, 1.165) is 23.9 Å². The molecule has 0 amide bonds. The van der Waals surface area contributed by atoms with Gasteiger partial charge < -0.3 is 9.73 Å². The van der Waals surface area contributed by atoms with Crippen molar-refractivity contribution in [3.05, 3.63) is 30.2 Å². The number of aromatic nitrogens is 1. The van der Waals surface area contributed by atoms with Gasteiger partial charge in [-0.3, -0.25) is 4.79 Å². The van der Waals surface area contributed by atoms with Gasteiger partial charge in [0, 0.05) is 18.9 Å². The van der Waals surface area contributed by atoms with Crippen LogP contribution in [0.1, 0.15) is 37.3 Å². The van der Waals surface area contributed by atoms with Gasteiger partial charge in [0.2, 0.25) is 0 Å². The van der Waals surface area contributed by atoms with Crippen LogP contribution < -0.4 is 5.32 Å². The fourth-order valence-electron chi connectivity index (χ4n) is 3.04. The molecule has 1 heterocycles. The molecule has 1 N–H and O–H groups in total. The molecule has 1 aliphatic carbocycles. The largest absolute Gasteiger partial charge is 0.443 e. The van der Waals surface area contributed by atoms with Crippen LogP contribution in [0.15, 0.2) is 29.0 Å². The molecule has 19 heavy (non-hydrogen) atoms. The number of nitrogens with zero attached hydrogens (tertiary/aromatic N) is 1. The predicted molar refractivity (Wildman–Crippen MR) is 72.8 cm³/mol. The first kappa shape index (κ1) is 12.4. The third-order valence-corrected chi connectivity index (χ3v) is 4.08. The molecular formula is C15H18N2O2. The zero-order chi connectivity index (χ0) is 13.2. The third kappa shape index (κ3) is 2.40. The number of hydrogen-bond acceptors (Lipinski definition) is 4. The van der Waals surface area contributed by atoms with Crippen LogP contribution in [0.5, 0.6) is 0 Å². The van der Waals surface area contributed by atoms with E-state index in [2.05, 4.69) is 22.4 Å². The van der Waals surface area contributed by atoms with Crippen molar-refractivity contribution >= 4 is 16.9 Å². The molecule has 2 aromatic rings. The lowest BCUT2D eigenvalue weighted by atomic mass is 9.80. The quantitative estimate of drug-likeness (QED) is 0.919. The topological polar surface area (TPSA) is 55.1 Å². The summed E-state index contributed by atoms with van der Waals surface area (Å²) in [6, 6.07) is 6.43. The molecule has 1 aromatic heterocycles. The molecule has 1 fully saturated rings. The molecule has 100 valence electrons. The van der Waals surface area contributed by atoms with Crippen molar-refractivity contribution in [1.82, 2.24) is 10.3 Å². The number of rotatable bonds is 3. The monoisotopic (exact) mass is 258 g/mol. The first-order chi connectivity index (χ1) is 9.28. The highest BCUT2D eigenvalue weighted by atomic mass is 16.3. The normalized spacial score (nSPS) is 18.9. The predicted octanol–water partition coefficient (Wildman–Crippen LogP) is 2.85. The molecule has 0 aliphatic heterocycles. The summed E-state index contributed by atoms with van der Waals surface area (Å²) in [5, 5.41) is 3.39. The minimum Gasteiger partial charge on any atom is -0.443 e. The van der Waals surface area contributed by atoms with Crippen LogP contribution in [-0.2, 0) is 4.79 Å². The lowest BCUT2D eigenvalue weighted by molar-refractivity contribution is -0.121. The second-order valence-corrected chi connectivity index (χ2v) is 5.22. The first-order valence-corrected chi connectivity index (χ1v) is 6.80. The maximum absolute atomic E-state index is 11.4. The minimum absolute atomic E-state index is 0.280. The molecule has 4 heteroatoms. The van der Waals surface area contributed by atoms with Crippen molar-refractivity contribution in [2.24, 2.45) is 5.92 Å². The molecule has 1 saturated carbocycles. The molecule has 0 bridgehead atoms. The summed E-state index contributed by atoms with van der Waals surface area (Å²) in [6.45, 7) is 0. The Morgan fingerprint density at radius 3 is 2.89 bits per heavy atom. The van der Waals surface area contributed by atoms with Crippen LogP contribution in [-0.4, -0.2) is 17.8 Å². The van der Waals surface area contributed by atoms with Crippen LogP contribution in [0.4, 0.5) is 0 Å². The smallest absolute Gasteiger partial charge is 0.181 e. The number of fused-ring (bicyclic) bond motifs is 1. The van der Waals surface area contributed by atoms with Crippen molar-refractivity contribution in [3.8, 4) is 0 Å². The standard InChI is InChI=1S/C15H18N2O2/c1-16-15(10-2-5-12(18)6-3-10)11-4-7-13-14(8-11)19-9-17-13/h4,7-10,15-16H,2-3,5-6H2,1H3. The molecule has 0 radical (unpaired) electrons. The maximum atomic E-state index is 11.4. The van der Waals surface area contributed by atoms with Crippen molar-refractivity contribution in [2.75, 3.05) is 7.05 Å². The van der Waals surface area contributed by atoms with Crippen LogP contribution in [0, 0.1) is 5.92 Å². The molecule has 1 aromatic carbocycles. The molecule has 4 nitrogen and oxygen atoms in total. The molecule has 1 unspecified atom stereocenters. The average Bonchev–Trinajstić information content (AvgIpc) is 2.89. The van der Waals surface area contributed by atoms with Gasteiger partial charge in [0.15, 0.2) is 12.0 Å². The number of Topliss-reactive ketones (excluding diaryl/α,β-unsaturated/α-hetero) is 1. The average molecular weight is 258 g/mol. The van der Waals surface area contributed by atoms with E-state index in [4.69, 9.17) is 4.42 Å². The van der Waals surface area contributed by atoms with E-state index in [1.165, 1.54) is 12.0 Å². The van der Waals surface area contributed by atoms with E-state index >= 15 is 0 Å². The van der Waals surface area contributed by atoms with E-state index in [0.29, 0.717) is 24.5 Å². The third-order valence-electron chi connectivity index (χ3n) is 4.08. The van der Waals surface area contributed by atoms with Crippen molar-refractivity contribution in [2.45, 2.75) is 31.7 Å². The van der Waals surface area contributed by atoms with E-state index in [1.54, 1.807) is 0 Å². The highest BCUT2D eigenvalue weighted by molar-refractivity contribution is 5.79. The van der Waals surface area contributed by atoms with Gasteiger partial charge in [-0.05, 0) is 43.5 Å². The number of oxazole rings is 1. The fourth-order valence-corrected chi connectivity index (χ4v) is 3.04. The van der Waals surface area contributed by atoms with Crippen molar-refractivity contribution in [3.63, 3.8) is 0 Å². The molecular weight excluding hydrogens is 240 g/mol. The van der Waals surface area contributed by atoms with Crippen LogP contribution >= 0.6 is 0 Å². The highest BCUT2D eigenvalue weighted by Crippen LogP contribution is 2.34. The van der Waals surface area contributed by atoms with E-state index in [1.807, 2.05) is 13.1 Å². The number of carbonyl (C=O) groups is 1. The van der Waals surface area contributed by atoms with Gasteiger partial charge in [0.1, 0.15) is 11.3 Å². The molecule has 1 aliphatic rings. The minimum atomic E-state index is 0.280. The van der Waals surface area contributed by atoms with Gasteiger partial charge >= 0.3 is 0 Å². The van der Waals surface area contributed by atoms with E-state index in [9.17, 15) is 4.79 Å². The van der Waals surface area contributed by atoms with Gasteiger partial charge in [-0.2, -0.15) is 0 Å². The lowest BCUT2D eigenvalue weighted by Gasteiger charge is -2.29. The Labute approximate surface area is 112 Å². The Morgan fingerprint density at radius 1 is 1.37 bits per heavy atom. The Hall–Kier alpha value is -1.68. The number of ketones is 1. The van der Waals surface area contributed by atoms with Crippen molar-refractivity contribution < 1.29 is 9.21 Å². The van der Waals surface area contributed by atoms with E-state index < -0.39 is 0 Å².